The number of rotatable bonds is 6. The molecule has 0 amide bonds. The van der Waals surface area contributed by atoms with Crippen molar-refractivity contribution in [3.05, 3.63) is 72.9 Å². The van der Waals surface area contributed by atoms with Crippen LogP contribution in [0.1, 0.15) is 0 Å². The Kier molecular flexibility index (Phi) is 5.68. The molecule has 0 radical (unpaired) electrons. The molecule has 0 fully saturated rings. The summed E-state index contributed by atoms with van der Waals surface area (Å²) in [6.07, 6.45) is 2.87. The lowest BCUT2D eigenvalue weighted by atomic mass is 10.0. The van der Waals surface area contributed by atoms with Crippen LogP contribution in [0.4, 0.5) is 11.6 Å². The molecule has 0 saturated carbocycles. The van der Waals surface area contributed by atoms with E-state index in [1.54, 1.807) is 42.6 Å². The van der Waals surface area contributed by atoms with Gasteiger partial charge in [0.25, 0.3) is 0 Å². The predicted molar refractivity (Wildman–Crippen MR) is 124 cm³/mol. The standard InChI is InChI=1S/C22H20N4O4S2/c1-23-32(29,30)19-12-8-17(9-13-19)25-22-24-14-16-4-3-5-20(21(16)26-22)15-6-10-18(11-7-15)31(2,27)28/h3-14,23H,1-2H3,(H,24,25,26). The van der Waals surface area contributed by atoms with Gasteiger partial charge in [-0.05, 0) is 49.0 Å². The fourth-order valence-corrected chi connectivity index (χ4v) is 4.56. The monoisotopic (exact) mass is 468 g/mol. The van der Waals surface area contributed by atoms with Crippen molar-refractivity contribution in [2.45, 2.75) is 9.79 Å². The molecule has 0 aliphatic rings. The van der Waals surface area contributed by atoms with Gasteiger partial charge in [-0.25, -0.2) is 31.5 Å². The highest BCUT2D eigenvalue weighted by atomic mass is 32.2. The van der Waals surface area contributed by atoms with Crippen molar-refractivity contribution in [2.24, 2.45) is 0 Å². The molecule has 0 saturated heterocycles. The minimum absolute atomic E-state index is 0.157. The molecule has 10 heteroatoms. The molecule has 32 heavy (non-hydrogen) atoms. The summed E-state index contributed by atoms with van der Waals surface area (Å²) >= 11 is 0. The van der Waals surface area contributed by atoms with E-state index in [0.29, 0.717) is 17.2 Å². The first-order valence-electron chi connectivity index (χ1n) is 9.54. The summed E-state index contributed by atoms with van der Waals surface area (Å²) in [5, 5.41) is 3.91. The van der Waals surface area contributed by atoms with Crippen LogP contribution in [-0.2, 0) is 19.9 Å². The number of benzene rings is 3. The Labute approximate surface area is 186 Å². The number of hydrogen-bond donors (Lipinski definition) is 2. The number of anilines is 2. The lowest BCUT2D eigenvalue weighted by Crippen LogP contribution is -2.18. The third-order valence-electron chi connectivity index (χ3n) is 4.89. The number of aromatic nitrogens is 2. The van der Waals surface area contributed by atoms with Gasteiger partial charge in [-0.1, -0.05) is 30.3 Å². The number of fused-ring (bicyclic) bond motifs is 1. The number of para-hydroxylation sites is 1. The third kappa shape index (κ3) is 4.47. The van der Waals surface area contributed by atoms with Crippen LogP contribution in [0, 0.1) is 0 Å². The minimum atomic E-state index is -3.51. The molecule has 4 aromatic rings. The first kappa shape index (κ1) is 21.9. The van der Waals surface area contributed by atoms with Crippen LogP contribution in [0.2, 0.25) is 0 Å². The maximum absolute atomic E-state index is 11.9. The Bertz CT molecular complexity index is 1500. The van der Waals surface area contributed by atoms with Crippen LogP contribution in [0.15, 0.2) is 82.7 Å². The van der Waals surface area contributed by atoms with Gasteiger partial charge in [0, 0.05) is 29.1 Å². The molecule has 8 nitrogen and oxygen atoms in total. The molecule has 164 valence electrons. The van der Waals surface area contributed by atoms with E-state index in [9.17, 15) is 16.8 Å². The van der Waals surface area contributed by atoms with E-state index >= 15 is 0 Å². The van der Waals surface area contributed by atoms with Crippen LogP contribution in [-0.4, -0.2) is 40.1 Å². The molecular weight excluding hydrogens is 448 g/mol. The molecule has 0 bridgehead atoms. The highest BCUT2D eigenvalue weighted by Gasteiger charge is 2.12. The first-order chi connectivity index (χ1) is 15.2. The van der Waals surface area contributed by atoms with Gasteiger partial charge >= 0.3 is 0 Å². The normalized spacial score (nSPS) is 12.1. The zero-order valence-electron chi connectivity index (χ0n) is 17.3. The summed E-state index contributed by atoms with van der Waals surface area (Å²) in [6, 6.07) is 18.6. The molecule has 1 heterocycles. The number of hydrogen-bond acceptors (Lipinski definition) is 7. The molecule has 3 aromatic carbocycles. The Morgan fingerprint density at radius 1 is 0.812 bits per heavy atom. The molecular formula is C22H20N4O4S2. The van der Waals surface area contributed by atoms with Crippen molar-refractivity contribution >= 4 is 42.4 Å². The van der Waals surface area contributed by atoms with E-state index in [1.165, 1.54) is 25.4 Å². The van der Waals surface area contributed by atoms with Crippen molar-refractivity contribution in [3.8, 4) is 11.1 Å². The van der Waals surface area contributed by atoms with Crippen molar-refractivity contribution in [2.75, 3.05) is 18.6 Å². The van der Waals surface area contributed by atoms with Crippen molar-refractivity contribution in [1.82, 2.24) is 14.7 Å². The van der Waals surface area contributed by atoms with Crippen LogP contribution in [0.5, 0.6) is 0 Å². The Hall–Kier alpha value is -3.34. The van der Waals surface area contributed by atoms with Gasteiger partial charge in [0.15, 0.2) is 9.84 Å². The van der Waals surface area contributed by atoms with Gasteiger partial charge < -0.3 is 5.32 Å². The highest BCUT2D eigenvalue weighted by Crippen LogP contribution is 2.29. The second-order valence-corrected chi connectivity index (χ2v) is 11.0. The molecule has 0 aliphatic carbocycles. The van der Waals surface area contributed by atoms with E-state index in [4.69, 9.17) is 0 Å². The van der Waals surface area contributed by atoms with Crippen LogP contribution in [0.25, 0.3) is 22.0 Å². The molecule has 4 rings (SSSR count). The summed E-state index contributed by atoms with van der Waals surface area (Å²) in [5.74, 6) is 0.349. The average molecular weight is 469 g/mol. The van der Waals surface area contributed by atoms with Crippen molar-refractivity contribution < 1.29 is 16.8 Å². The van der Waals surface area contributed by atoms with E-state index in [2.05, 4.69) is 20.0 Å². The Morgan fingerprint density at radius 2 is 1.47 bits per heavy atom. The van der Waals surface area contributed by atoms with Gasteiger partial charge in [0.1, 0.15) is 0 Å². The highest BCUT2D eigenvalue weighted by molar-refractivity contribution is 7.90. The summed E-state index contributed by atoms with van der Waals surface area (Å²) in [6.45, 7) is 0. The lowest BCUT2D eigenvalue weighted by molar-refractivity contribution is 0.588. The fourth-order valence-electron chi connectivity index (χ4n) is 3.20. The number of sulfone groups is 1. The zero-order valence-corrected chi connectivity index (χ0v) is 18.9. The van der Waals surface area contributed by atoms with E-state index in [1.807, 2.05) is 18.2 Å². The largest absolute Gasteiger partial charge is 0.324 e. The quantitative estimate of drug-likeness (QED) is 0.445. The van der Waals surface area contributed by atoms with Crippen LogP contribution >= 0.6 is 0 Å². The van der Waals surface area contributed by atoms with Crippen LogP contribution < -0.4 is 10.0 Å². The maximum atomic E-state index is 11.9. The van der Waals surface area contributed by atoms with Crippen molar-refractivity contribution in [1.29, 1.82) is 0 Å². The topological polar surface area (TPSA) is 118 Å². The fraction of sp³-hybridized carbons (Fsp3) is 0.0909. The second kappa shape index (κ2) is 8.30. The van der Waals surface area contributed by atoms with Gasteiger partial charge in [0.2, 0.25) is 16.0 Å². The minimum Gasteiger partial charge on any atom is -0.324 e. The van der Waals surface area contributed by atoms with Crippen molar-refractivity contribution in [3.63, 3.8) is 0 Å². The van der Waals surface area contributed by atoms with Crippen LogP contribution in [0.3, 0.4) is 0 Å². The van der Waals surface area contributed by atoms with E-state index < -0.39 is 19.9 Å². The maximum Gasteiger partial charge on any atom is 0.240 e. The van der Waals surface area contributed by atoms with Gasteiger partial charge in [-0.15, -0.1) is 0 Å². The smallest absolute Gasteiger partial charge is 0.240 e. The summed E-state index contributed by atoms with van der Waals surface area (Å²) in [4.78, 5) is 9.38. The zero-order chi connectivity index (χ0) is 22.9. The molecule has 0 atom stereocenters. The SMILES string of the molecule is CNS(=O)(=O)c1ccc(Nc2ncc3cccc(-c4ccc(S(C)(=O)=O)cc4)c3n2)cc1. The predicted octanol–water partition coefficient (Wildman–Crippen LogP) is 3.35. The average Bonchev–Trinajstić information content (AvgIpc) is 2.78. The molecule has 1 aromatic heterocycles. The lowest BCUT2D eigenvalue weighted by Gasteiger charge is -2.10. The molecule has 0 spiro atoms. The first-order valence-corrected chi connectivity index (χ1v) is 12.9. The van der Waals surface area contributed by atoms with Gasteiger partial charge in [-0.3, -0.25) is 0 Å². The van der Waals surface area contributed by atoms with Gasteiger partial charge in [0.05, 0.1) is 15.3 Å². The second-order valence-electron chi connectivity index (χ2n) is 7.09. The van der Waals surface area contributed by atoms with E-state index in [-0.39, 0.29) is 9.79 Å². The number of nitrogens with one attached hydrogen (secondary N) is 2. The summed E-state index contributed by atoms with van der Waals surface area (Å²) in [5.41, 5.74) is 3.00. The third-order valence-corrected chi connectivity index (χ3v) is 7.45. The number of nitrogens with zero attached hydrogens (tertiary/aromatic N) is 2. The Balaban J connectivity index is 1.68. The molecule has 2 N–H and O–H groups in total. The summed E-state index contributed by atoms with van der Waals surface area (Å²) < 4.78 is 49.5. The van der Waals surface area contributed by atoms with Gasteiger partial charge in [-0.2, -0.15) is 0 Å². The van der Waals surface area contributed by atoms with E-state index in [0.717, 1.165) is 16.5 Å². The summed E-state index contributed by atoms with van der Waals surface area (Å²) in [7, 11) is -5.43. The Morgan fingerprint density at radius 3 is 2.09 bits per heavy atom. The molecule has 0 unspecified atom stereocenters. The number of sulfonamides is 1. The molecule has 0 aliphatic heterocycles.